The number of hydrogen-bond donors (Lipinski definition) is 2. The number of hydrogen-bond acceptors (Lipinski definition) is 3. The Bertz CT molecular complexity index is 793. The van der Waals surface area contributed by atoms with Crippen molar-refractivity contribution >= 4 is 39.1 Å². The average molecular weight is 433 g/mol. The lowest BCUT2D eigenvalue weighted by atomic mass is 10.2. The molecule has 0 saturated carbocycles. The fourth-order valence-corrected chi connectivity index (χ4v) is 3.04. The van der Waals surface area contributed by atoms with E-state index in [0.29, 0.717) is 35.7 Å². The first-order valence-corrected chi connectivity index (χ1v) is 9.96. The van der Waals surface area contributed by atoms with E-state index in [-0.39, 0.29) is 11.8 Å². The number of carbonyl (C=O) groups excluding carboxylic acids is 2. The first kappa shape index (κ1) is 21.0. The molecule has 0 unspecified atom stereocenters. The standard InChI is InChI=1S/C21H25BrN2O3/c1-3-5-6-10-20(25)23-16-8-7-9-17(14-16)24-21(26)15-11-12-19(27-4-2)18(22)13-15/h7-9,11-14H,3-6,10H2,1-2H3,(H,23,25)(H,24,26). The molecule has 5 nitrogen and oxygen atoms in total. The van der Waals surface area contributed by atoms with E-state index >= 15 is 0 Å². The zero-order chi connectivity index (χ0) is 19.6. The molecule has 6 heteroatoms. The van der Waals surface area contributed by atoms with Gasteiger partial charge in [-0.05, 0) is 65.7 Å². The number of benzene rings is 2. The molecule has 2 N–H and O–H groups in total. The molecule has 2 aromatic rings. The van der Waals surface area contributed by atoms with E-state index in [1.165, 1.54) is 0 Å². The van der Waals surface area contributed by atoms with Gasteiger partial charge in [0.05, 0.1) is 11.1 Å². The van der Waals surface area contributed by atoms with Crippen molar-refractivity contribution in [3.63, 3.8) is 0 Å². The third-order valence-electron chi connectivity index (χ3n) is 3.91. The second-order valence-corrected chi connectivity index (χ2v) is 6.97. The van der Waals surface area contributed by atoms with Crippen molar-refractivity contribution in [2.75, 3.05) is 17.2 Å². The Kier molecular flexibility index (Phi) is 8.33. The third-order valence-corrected chi connectivity index (χ3v) is 4.53. The van der Waals surface area contributed by atoms with E-state index in [4.69, 9.17) is 4.74 Å². The van der Waals surface area contributed by atoms with Gasteiger partial charge in [0.2, 0.25) is 5.91 Å². The second kappa shape index (κ2) is 10.7. The van der Waals surface area contributed by atoms with Gasteiger partial charge in [-0.25, -0.2) is 0 Å². The number of nitrogens with one attached hydrogen (secondary N) is 2. The minimum absolute atomic E-state index is 0.0117. The van der Waals surface area contributed by atoms with Crippen LogP contribution in [0, 0.1) is 0 Å². The van der Waals surface area contributed by atoms with Gasteiger partial charge in [-0.1, -0.05) is 25.8 Å². The maximum absolute atomic E-state index is 12.5. The van der Waals surface area contributed by atoms with Crippen LogP contribution >= 0.6 is 15.9 Å². The fraction of sp³-hybridized carbons (Fsp3) is 0.333. The predicted octanol–water partition coefficient (Wildman–Crippen LogP) is 5.62. The minimum atomic E-state index is -0.231. The van der Waals surface area contributed by atoms with E-state index in [1.807, 2.05) is 6.92 Å². The van der Waals surface area contributed by atoms with Crippen molar-refractivity contribution in [2.24, 2.45) is 0 Å². The van der Waals surface area contributed by atoms with Crippen LogP contribution in [-0.4, -0.2) is 18.4 Å². The summed E-state index contributed by atoms with van der Waals surface area (Å²) in [6.45, 7) is 4.57. The number of amides is 2. The molecule has 0 aliphatic heterocycles. The summed E-state index contributed by atoms with van der Waals surface area (Å²) in [6.07, 6.45) is 3.51. The van der Waals surface area contributed by atoms with E-state index in [9.17, 15) is 9.59 Å². The summed E-state index contributed by atoms with van der Waals surface area (Å²) in [5.74, 6) is 0.453. The molecule has 0 spiro atoms. The number of carbonyl (C=O) groups is 2. The number of halogens is 1. The van der Waals surface area contributed by atoms with Crippen LogP contribution in [0.15, 0.2) is 46.9 Å². The monoisotopic (exact) mass is 432 g/mol. The van der Waals surface area contributed by atoms with E-state index in [2.05, 4.69) is 33.5 Å². The van der Waals surface area contributed by atoms with Crippen LogP contribution in [0.25, 0.3) is 0 Å². The van der Waals surface area contributed by atoms with Crippen LogP contribution in [0.1, 0.15) is 49.9 Å². The maximum Gasteiger partial charge on any atom is 0.255 e. The van der Waals surface area contributed by atoms with Crippen LogP contribution in [0.3, 0.4) is 0 Å². The zero-order valence-electron chi connectivity index (χ0n) is 15.7. The smallest absolute Gasteiger partial charge is 0.255 e. The van der Waals surface area contributed by atoms with Crippen molar-refractivity contribution in [3.05, 3.63) is 52.5 Å². The summed E-state index contributed by atoms with van der Waals surface area (Å²) >= 11 is 3.41. The largest absolute Gasteiger partial charge is 0.493 e. The lowest BCUT2D eigenvalue weighted by Gasteiger charge is -2.10. The predicted molar refractivity (Wildman–Crippen MR) is 112 cm³/mol. The van der Waals surface area contributed by atoms with Gasteiger partial charge in [-0.15, -0.1) is 0 Å². The molecule has 0 aliphatic rings. The molecular weight excluding hydrogens is 408 g/mol. The normalized spacial score (nSPS) is 10.3. The third kappa shape index (κ3) is 6.71. The van der Waals surface area contributed by atoms with Gasteiger partial charge >= 0.3 is 0 Å². The summed E-state index contributed by atoms with van der Waals surface area (Å²) in [5.41, 5.74) is 1.80. The molecular formula is C21H25BrN2O3. The highest BCUT2D eigenvalue weighted by Gasteiger charge is 2.10. The van der Waals surface area contributed by atoms with E-state index in [1.54, 1.807) is 42.5 Å². The Hall–Kier alpha value is -2.34. The Morgan fingerprint density at radius 2 is 1.74 bits per heavy atom. The summed E-state index contributed by atoms with van der Waals surface area (Å²) in [6, 6.07) is 12.3. The van der Waals surface area contributed by atoms with Crippen molar-refractivity contribution in [1.82, 2.24) is 0 Å². The van der Waals surface area contributed by atoms with Gasteiger partial charge in [0.25, 0.3) is 5.91 Å². The molecule has 0 radical (unpaired) electrons. The SMILES string of the molecule is CCCCCC(=O)Nc1cccc(NC(=O)c2ccc(OCC)c(Br)c2)c1. The Labute approximate surface area is 168 Å². The molecule has 2 amide bonds. The minimum Gasteiger partial charge on any atom is -0.493 e. The molecule has 0 aromatic heterocycles. The molecule has 0 fully saturated rings. The van der Waals surface area contributed by atoms with Gasteiger partial charge in [-0.2, -0.15) is 0 Å². The molecule has 0 atom stereocenters. The van der Waals surface area contributed by atoms with E-state index in [0.717, 1.165) is 23.7 Å². The quantitative estimate of drug-likeness (QED) is 0.505. The van der Waals surface area contributed by atoms with Gasteiger partial charge in [0.1, 0.15) is 5.75 Å². The Morgan fingerprint density at radius 1 is 1.00 bits per heavy atom. The van der Waals surface area contributed by atoms with Gasteiger partial charge in [-0.3, -0.25) is 9.59 Å². The summed E-state index contributed by atoms with van der Waals surface area (Å²) in [7, 11) is 0. The highest BCUT2D eigenvalue weighted by molar-refractivity contribution is 9.10. The van der Waals surface area contributed by atoms with E-state index < -0.39 is 0 Å². The van der Waals surface area contributed by atoms with Gasteiger partial charge in [0, 0.05) is 23.4 Å². The van der Waals surface area contributed by atoms with Crippen LogP contribution < -0.4 is 15.4 Å². The molecule has 27 heavy (non-hydrogen) atoms. The van der Waals surface area contributed by atoms with Crippen LogP contribution in [0.4, 0.5) is 11.4 Å². The number of ether oxygens (including phenoxy) is 1. The zero-order valence-corrected chi connectivity index (χ0v) is 17.3. The molecule has 144 valence electrons. The first-order valence-electron chi connectivity index (χ1n) is 9.17. The molecule has 0 aliphatic carbocycles. The molecule has 0 heterocycles. The van der Waals surface area contributed by atoms with Gasteiger partial charge < -0.3 is 15.4 Å². The molecule has 2 aromatic carbocycles. The van der Waals surface area contributed by atoms with Crippen LogP contribution in [0.5, 0.6) is 5.75 Å². The topological polar surface area (TPSA) is 67.4 Å². The Balaban J connectivity index is 1.99. The molecule has 0 saturated heterocycles. The number of anilines is 2. The number of rotatable bonds is 9. The maximum atomic E-state index is 12.5. The van der Waals surface area contributed by atoms with Crippen molar-refractivity contribution < 1.29 is 14.3 Å². The second-order valence-electron chi connectivity index (χ2n) is 6.12. The Morgan fingerprint density at radius 3 is 2.41 bits per heavy atom. The lowest BCUT2D eigenvalue weighted by molar-refractivity contribution is -0.116. The summed E-state index contributed by atoms with van der Waals surface area (Å²) in [5, 5.41) is 5.72. The number of unbranched alkanes of at least 4 members (excludes halogenated alkanes) is 2. The van der Waals surface area contributed by atoms with Crippen LogP contribution in [0.2, 0.25) is 0 Å². The molecule has 2 rings (SSSR count). The first-order chi connectivity index (χ1) is 13.0. The van der Waals surface area contributed by atoms with Crippen LogP contribution in [-0.2, 0) is 4.79 Å². The fourth-order valence-electron chi connectivity index (χ4n) is 2.55. The van der Waals surface area contributed by atoms with Crippen molar-refractivity contribution in [2.45, 2.75) is 39.5 Å². The van der Waals surface area contributed by atoms with Gasteiger partial charge in [0.15, 0.2) is 0 Å². The highest BCUT2D eigenvalue weighted by atomic mass is 79.9. The summed E-state index contributed by atoms with van der Waals surface area (Å²) < 4.78 is 6.19. The molecule has 0 bridgehead atoms. The lowest BCUT2D eigenvalue weighted by Crippen LogP contribution is -2.13. The average Bonchev–Trinajstić information content (AvgIpc) is 2.64. The van der Waals surface area contributed by atoms with Crippen molar-refractivity contribution in [3.8, 4) is 5.75 Å². The van der Waals surface area contributed by atoms with Crippen molar-refractivity contribution in [1.29, 1.82) is 0 Å². The summed E-state index contributed by atoms with van der Waals surface area (Å²) in [4.78, 5) is 24.4. The highest BCUT2D eigenvalue weighted by Crippen LogP contribution is 2.26.